The first-order valence-corrected chi connectivity index (χ1v) is 10.4. The molecule has 1 heterocycles. The third kappa shape index (κ3) is 8.50. The number of amides is 2. The van der Waals surface area contributed by atoms with Crippen molar-refractivity contribution in [2.45, 2.75) is 52.1 Å². The van der Waals surface area contributed by atoms with Crippen LogP contribution in [0.25, 0.3) is 0 Å². The molecule has 0 bridgehead atoms. The van der Waals surface area contributed by atoms with Crippen LogP contribution in [0.5, 0.6) is 0 Å². The number of nitrogens with zero attached hydrogens (tertiary/aromatic N) is 2. The highest BCUT2D eigenvalue weighted by Crippen LogP contribution is 2.08. The summed E-state index contributed by atoms with van der Waals surface area (Å²) in [5, 5.41) is 5.98. The van der Waals surface area contributed by atoms with E-state index < -0.39 is 0 Å². The summed E-state index contributed by atoms with van der Waals surface area (Å²) < 4.78 is 13.0. The zero-order chi connectivity index (χ0) is 21.4. The van der Waals surface area contributed by atoms with Gasteiger partial charge in [-0.1, -0.05) is 12.1 Å². The van der Waals surface area contributed by atoms with Gasteiger partial charge in [-0.15, -0.1) is 0 Å². The Morgan fingerprint density at radius 2 is 1.79 bits per heavy atom. The van der Waals surface area contributed by atoms with Gasteiger partial charge in [0.05, 0.1) is 12.6 Å². The van der Waals surface area contributed by atoms with Gasteiger partial charge in [0.15, 0.2) is 0 Å². The van der Waals surface area contributed by atoms with Gasteiger partial charge < -0.3 is 10.6 Å². The highest BCUT2D eigenvalue weighted by atomic mass is 19.1. The number of halogens is 1. The zero-order valence-electron chi connectivity index (χ0n) is 18.1. The molecule has 162 valence electrons. The maximum Gasteiger partial charge on any atom is 0.237 e. The van der Waals surface area contributed by atoms with Crippen molar-refractivity contribution in [3.05, 3.63) is 35.6 Å². The summed E-state index contributed by atoms with van der Waals surface area (Å²) in [7, 11) is 0. The van der Waals surface area contributed by atoms with Crippen molar-refractivity contribution in [1.29, 1.82) is 0 Å². The third-order valence-corrected chi connectivity index (χ3v) is 5.06. The minimum atomic E-state index is -0.252. The van der Waals surface area contributed by atoms with Gasteiger partial charge in [-0.2, -0.15) is 0 Å². The van der Waals surface area contributed by atoms with E-state index in [9.17, 15) is 14.0 Å². The summed E-state index contributed by atoms with van der Waals surface area (Å²) in [4.78, 5) is 29.0. The molecule has 1 fully saturated rings. The molecule has 2 amide bonds. The van der Waals surface area contributed by atoms with Crippen molar-refractivity contribution in [3.8, 4) is 0 Å². The zero-order valence-corrected chi connectivity index (χ0v) is 18.1. The van der Waals surface area contributed by atoms with E-state index >= 15 is 0 Å². The largest absolute Gasteiger partial charge is 0.354 e. The maximum absolute atomic E-state index is 13.0. The number of benzene rings is 1. The molecule has 0 saturated carbocycles. The average Bonchev–Trinajstić information content (AvgIpc) is 2.86. The lowest BCUT2D eigenvalue weighted by Crippen LogP contribution is -2.48. The van der Waals surface area contributed by atoms with Crippen LogP contribution in [0.1, 0.15) is 39.7 Å². The Hall–Kier alpha value is -1.99. The van der Waals surface area contributed by atoms with Crippen LogP contribution in [0.3, 0.4) is 0 Å². The molecular formula is C22H35FN4O2. The summed E-state index contributed by atoms with van der Waals surface area (Å²) in [5.41, 5.74) is 0.772. The molecule has 0 spiro atoms. The minimum absolute atomic E-state index is 0.00559. The highest BCUT2D eigenvalue weighted by molar-refractivity contribution is 5.81. The Morgan fingerprint density at radius 3 is 2.45 bits per heavy atom. The number of hydrogen-bond acceptors (Lipinski definition) is 4. The molecule has 1 aromatic rings. The van der Waals surface area contributed by atoms with Crippen molar-refractivity contribution in [3.63, 3.8) is 0 Å². The van der Waals surface area contributed by atoms with Crippen LogP contribution in [0.15, 0.2) is 24.3 Å². The molecule has 1 atom stereocenters. The summed E-state index contributed by atoms with van der Waals surface area (Å²) in [6.45, 7) is 12.0. The van der Waals surface area contributed by atoms with Gasteiger partial charge in [-0.05, 0) is 64.8 Å². The Labute approximate surface area is 173 Å². The van der Waals surface area contributed by atoms with E-state index in [2.05, 4.69) is 20.4 Å². The highest BCUT2D eigenvalue weighted by Gasteiger charge is 2.25. The molecule has 0 aromatic heterocycles. The molecule has 29 heavy (non-hydrogen) atoms. The predicted molar refractivity (Wildman–Crippen MR) is 113 cm³/mol. The predicted octanol–water partition coefficient (Wildman–Crippen LogP) is 1.80. The lowest BCUT2D eigenvalue weighted by Gasteiger charge is -2.27. The van der Waals surface area contributed by atoms with E-state index in [1.807, 2.05) is 27.7 Å². The molecule has 2 rings (SSSR count). The summed E-state index contributed by atoms with van der Waals surface area (Å²) in [5.74, 6) is -0.207. The van der Waals surface area contributed by atoms with E-state index in [0.29, 0.717) is 19.5 Å². The first-order chi connectivity index (χ1) is 13.6. The molecule has 1 aromatic carbocycles. The van der Waals surface area contributed by atoms with E-state index in [0.717, 1.165) is 38.2 Å². The fraction of sp³-hybridized carbons (Fsp3) is 0.636. The van der Waals surface area contributed by atoms with Gasteiger partial charge in [0.1, 0.15) is 5.82 Å². The molecule has 7 heteroatoms. The molecular weight excluding hydrogens is 371 g/mol. The second kappa shape index (κ2) is 10.7. The molecule has 1 aliphatic rings. The number of carbonyl (C=O) groups excluding carboxylic acids is 2. The van der Waals surface area contributed by atoms with Crippen molar-refractivity contribution in [2.24, 2.45) is 0 Å². The van der Waals surface area contributed by atoms with Crippen molar-refractivity contribution >= 4 is 11.8 Å². The maximum atomic E-state index is 13.0. The summed E-state index contributed by atoms with van der Waals surface area (Å²) >= 11 is 0. The Morgan fingerprint density at radius 1 is 1.10 bits per heavy atom. The van der Waals surface area contributed by atoms with Gasteiger partial charge in [0.2, 0.25) is 11.8 Å². The van der Waals surface area contributed by atoms with Gasteiger partial charge in [0.25, 0.3) is 0 Å². The van der Waals surface area contributed by atoms with E-state index in [1.54, 1.807) is 12.1 Å². The first kappa shape index (κ1) is 23.3. The Bertz CT molecular complexity index is 672. The lowest BCUT2D eigenvalue weighted by atomic mass is 10.1. The molecule has 1 unspecified atom stereocenters. The fourth-order valence-corrected chi connectivity index (χ4v) is 3.49. The second-order valence-corrected chi connectivity index (χ2v) is 8.81. The lowest BCUT2D eigenvalue weighted by molar-refractivity contribution is -0.126. The first-order valence-electron chi connectivity index (χ1n) is 10.4. The van der Waals surface area contributed by atoms with Gasteiger partial charge in [0, 0.05) is 31.7 Å². The SMILES string of the molecule is CC(C(=O)NCCc1ccc(F)cc1)N1CCCN(CC(=O)NC(C)(C)C)CC1. The van der Waals surface area contributed by atoms with Crippen molar-refractivity contribution in [1.82, 2.24) is 20.4 Å². The van der Waals surface area contributed by atoms with Crippen LogP contribution in [-0.4, -0.2) is 72.5 Å². The van der Waals surface area contributed by atoms with Crippen LogP contribution in [0.2, 0.25) is 0 Å². The van der Waals surface area contributed by atoms with E-state index in [1.165, 1.54) is 12.1 Å². The van der Waals surface area contributed by atoms with E-state index in [-0.39, 0.29) is 29.2 Å². The summed E-state index contributed by atoms with van der Waals surface area (Å²) in [6.07, 6.45) is 1.60. The van der Waals surface area contributed by atoms with Crippen LogP contribution in [-0.2, 0) is 16.0 Å². The molecule has 0 radical (unpaired) electrons. The Balaban J connectivity index is 1.74. The average molecular weight is 407 g/mol. The number of hydrogen-bond donors (Lipinski definition) is 2. The molecule has 0 aliphatic carbocycles. The number of rotatable bonds is 7. The second-order valence-electron chi connectivity index (χ2n) is 8.81. The van der Waals surface area contributed by atoms with Gasteiger partial charge in [-0.25, -0.2) is 4.39 Å². The number of carbonyl (C=O) groups is 2. The summed E-state index contributed by atoms with van der Waals surface area (Å²) in [6, 6.07) is 6.13. The van der Waals surface area contributed by atoms with Gasteiger partial charge >= 0.3 is 0 Å². The third-order valence-electron chi connectivity index (χ3n) is 5.06. The minimum Gasteiger partial charge on any atom is -0.354 e. The molecule has 2 N–H and O–H groups in total. The van der Waals surface area contributed by atoms with E-state index in [4.69, 9.17) is 0 Å². The van der Waals surface area contributed by atoms with Crippen molar-refractivity contribution < 1.29 is 14.0 Å². The molecule has 6 nitrogen and oxygen atoms in total. The topological polar surface area (TPSA) is 64.7 Å². The normalized spacial score (nSPS) is 17.4. The smallest absolute Gasteiger partial charge is 0.237 e. The van der Waals surface area contributed by atoms with Crippen LogP contribution >= 0.6 is 0 Å². The fourth-order valence-electron chi connectivity index (χ4n) is 3.49. The Kier molecular flexibility index (Phi) is 8.59. The molecule has 1 saturated heterocycles. The standard InChI is InChI=1S/C22H35FN4O2/c1-17(21(29)24-11-10-18-6-8-19(23)9-7-18)27-13-5-12-26(14-15-27)16-20(28)25-22(2,3)4/h6-9,17H,5,10-16H2,1-4H3,(H,24,29)(H,25,28). The monoisotopic (exact) mass is 406 g/mol. The van der Waals surface area contributed by atoms with Crippen LogP contribution in [0.4, 0.5) is 4.39 Å². The van der Waals surface area contributed by atoms with Crippen LogP contribution < -0.4 is 10.6 Å². The molecule has 1 aliphatic heterocycles. The number of nitrogens with one attached hydrogen (secondary N) is 2. The van der Waals surface area contributed by atoms with Crippen molar-refractivity contribution in [2.75, 3.05) is 39.3 Å². The van der Waals surface area contributed by atoms with Crippen LogP contribution in [0, 0.1) is 5.82 Å². The quantitative estimate of drug-likeness (QED) is 0.725. The van der Waals surface area contributed by atoms with Gasteiger partial charge in [-0.3, -0.25) is 19.4 Å².